The van der Waals surface area contributed by atoms with Gasteiger partial charge in [-0.1, -0.05) is 42.3 Å². The molecule has 0 spiro atoms. The number of carbonyl (C=O) groups is 3. The van der Waals surface area contributed by atoms with Gasteiger partial charge in [0.25, 0.3) is 0 Å². The van der Waals surface area contributed by atoms with Crippen LogP contribution in [-0.4, -0.2) is 35.6 Å². The van der Waals surface area contributed by atoms with Gasteiger partial charge in [0, 0.05) is 23.6 Å². The van der Waals surface area contributed by atoms with Gasteiger partial charge in [0.05, 0.1) is 27.8 Å². The Morgan fingerprint density at radius 1 is 1.09 bits per heavy atom. The Morgan fingerprint density at radius 2 is 1.77 bits per heavy atom. The number of allylic oxidation sites excluding steroid dienone is 1. The first-order chi connectivity index (χ1) is 16.6. The van der Waals surface area contributed by atoms with Gasteiger partial charge in [0.15, 0.2) is 0 Å². The van der Waals surface area contributed by atoms with Crippen LogP contribution in [0.25, 0.3) is 0 Å². The summed E-state index contributed by atoms with van der Waals surface area (Å²) in [5.74, 6) is -0.501. The zero-order valence-electron chi connectivity index (χ0n) is 19.9. The number of benzene rings is 2. The molecular weight excluding hydrogens is 491 g/mol. The Morgan fingerprint density at radius 3 is 2.40 bits per heavy atom. The molecule has 35 heavy (non-hydrogen) atoms. The third-order valence-corrected chi connectivity index (χ3v) is 6.00. The second-order valence-electron chi connectivity index (χ2n) is 8.32. The molecule has 0 aliphatic carbocycles. The smallest absolute Gasteiger partial charge is 0.338 e. The largest absolute Gasteiger partial charge is 0.459 e. The minimum atomic E-state index is -0.735. The van der Waals surface area contributed by atoms with E-state index in [1.807, 2.05) is 6.92 Å². The van der Waals surface area contributed by atoms with Crippen molar-refractivity contribution in [1.29, 1.82) is 0 Å². The van der Waals surface area contributed by atoms with Gasteiger partial charge in [-0.3, -0.25) is 4.90 Å². The predicted molar refractivity (Wildman–Crippen MR) is 138 cm³/mol. The molecule has 3 N–H and O–H groups in total. The Balaban J connectivity index is 1.87. The molecule has 2 aromatic rings. The monoisotopic (exact) mass is 518 g/mol. The Bertz CT molecular complexity index is 1170. The summed E-state index contributed by atoms with van der Waals surface area (Å²) in [6.07, 6.45) is 0.411. The van der Waals surface area contributed by atoms with Gasteiger partial charge in [-0.15, -0.1) is 0 Å². The van der Waals surface area contributed by atoms with Gasteiger partial charge in [-0.05, 0) is 63.1 Å². The minimum Gasteiger partial charge on any atom is -0.459 e. The van der Waals surface area contributed by atoms with Crippen LogP contribution in [-0.2, 0) is 9.53 Å². The normalized spacial score (nSPS) is 15.7. The summed E-state index contributed by atoms with van der Waals surface area (Å²) in [6.45, 7) is 7.71. The summed E-state index contributed by atoms with van der Waals surface area (Å²) in [5, 5.41) is 9.05. The molecular formula is C25H28Cl2N4O4. The average Bonchev–Trinajstić information content (AvgIpc) is 2.78. The number of urea groups is 2. The van der Waals surface area contributed by atoms with E-state index in [4.69, 9.17) is 27.9 Å². The van der Waals surface area contributed by atoms with Crippen LogP contribution in [0.4, 0.5) is 21.0 Å². The van der Waals surface area contributed by atoms with Crippen molar-refractivity contribution in [3.05, 3.63) is 69.3 Å². The van der Waals surface area contributed by atoms with E-state index in [-0.39, 0.29) is 12.1 Å². The summed E-state index contributed by atoms with van der Waals surface area (Å²) in [7, 11) is 0. The lowest BCUT2D eigenvalue weighted by molar-refractivity contribution is -0.143. The molecule has 0 fully saturated rings. The fourth-order valence-corrected chi connectivity index (χ4v) is 4.03. The fourth-order valence-electron chi connectivity index (χ4n) is 3.73. The summed E-state index contributed by atoms with van der Waals surface area (Å²) in [5.41, 5.74) is 2.46. The standard InChI is InChI=1S/C25H28Cl2N4O4/c1-5-11-31-15(4)21(23(32)35-14(2)3)22(30-25(31)34)16-7-6-8-17(12-16)28-24(33)29-18-9-10-19(26)20(27)13-18/h6-10,12-14,22H,5,11H2,1-4H3,(H,30,34)(H2,28,29,33). The van der Waals surface area contributed by atoms with Gasteiger partial charge < -0.3 is 20.7 Å². The van der Waals surface area contributed by atoms with Crippen molar-refractivity contribution in [2.75, 3.05) is 17.2 Å². The number of nitrogens with zero attached hydrogens (tertiary/aromatic N) is 1. The van der Waals surface area contributed by atoms with E-state index < -0.39 is 18.0 Å². The topological polar surface area (TPSA) is 99.8 Å². The van der Waals surface area contributed by atoms with Crippen LogP contribution >= 0.6 is 23.2 Å². The molecule has 0 radical (unpaired) electrons. The highest BCUT2D eigenvalue weighted by Crippen LogP contribution is 2.33. The van der Waals surface area contributed by atoms with Crippen LogP contribution in [0.1, 0.15) is 45.7 Å². The lowest BCUT2D eigenvalue weighted by Gasteiger charge is -2.35. The van der Waals surface area contributed by atoms with E-state index in [0.717, 1.165) is 6.42 Å². The maximum Gasteiger partial charge on any atom is 0.338 e. The summed E-state index contributed by atoms with van der Waals surface area (Å²) in [4.78, 5) is 39.9. The Hall–Kier alpha value is -3.23. The van der Waals surface area contributed by atoms with Crippen LogP contribution in [0.3, 0.4) is 0 Å². The van der Waals surface area contributed by atoms with Gasteiger partial charge in [-0.2, -0.15) is 0 Å². The van der Waals surface area contributed by atoms with Gasteiger partial charge >= 0.3 is 18.0 Å². The first-order valence-corrected chi connectivity index (χ1v) is 12.0. The van der Waals surface area contributed by atoms with Crippen LogP contribution in [0, 0.1) is 0 Å². The number of hydrogen-bond donors (Lipinski definition) is 3. The highest BCUT2D eigenvalue weighted by atomic mass is 35.5. The number of carbonyl (C=O) groups excluding carboxylic acids is 3. The van der Waals surface area contributed by atoms with Crippen molar-refractivity contribution in [2.24, 2.45) is 0 Å². The molecule has 0 saturated carbocycles. The summed E-state index contributed by atoms with van der Waals surface area (Å²) < 4.78 is 5.48. The number of halogens is 2. The summed E-state index contributed by atoms with van der Waals surface area (Å²) in [6, 6.07) is 10.1. The molecule has 1 atom stereocenters. The first-order valence-electron chi connectivity index (χ1n) is 11.2. The lowest BCUT2D eigenvalue weighted by Crippen LogP contribution is -2.48. The maximum absolute atomic E-state index is 13.0. The molecule has 1 unspecified atom stereocenters. The molecule has 4 amide bonds. The van der Waals surface area contributed by atoms with Gasteiger partial charge in [0.1, 0.15) is 0 Å². The number of rotatable bonds is 7. The van der Waals surface area contributed by atoms with Crippen LogP contribution in [0.15, 0.2) is 53.7 Å². The number of amides is 4. The molecule has 0 aromatic heterocycles. The van der Waals surface area contributed by atoms with Crippen molar-refractivity contribution in [2.45, 2.75) is 46.3 Å². The Kier molecular flexibility index (Phi) is 8.64. The van der Waals surface area contributed by atoms with E-state index in [1.165, 1.54) is 0 Å². The average molecular weight is 519 g/mol. The first kappa shape index (κ1) is 26.4. The van der Waals surface area contributed by atoms with Crippen molar-refractivity contribution in [3.63, 3.8) is 0 Å². The molecule has 1 aliphatic heterocycles. The van der Waals surface area contributed by atoms with Gasteiger partial charge in [-0.25, -0.2) is 14.4 Å². The molecule has 0 saturated heterocycles. The molecule has 2 aromatic carbocycles. The third-order valence-electron chi connectivity index (χ3n) is 5.26. The lowest BCUT2D eigenvalue weighted by atomic mass is 9.94. The van der Waals surface area contributed by atoms with E-state index in [9.17, 15) is 14.4 Å². The zero-order valence-corrected chi connectivity index (χ0v) is 21.5. The SMILES string of the molecule is CCCN1C(=O)NC(c2cccc(NC(=O)Nc3ccc(Cl)c(Cl)c3)c2)C(C(=O)OC(C)C)=C1C. The highest BCUT2D eigenvalue weighted by Gasteiger charge is 2.36. The molecule has 3 rings (SSSR count). The zero-order chi connectivity index (χ0) is 25.7. The number of anilines is 2. The van der Waals surface area contributed by atoms with Crippen LogP contribution < -0.4 is 16.0 Å². The number of nitrogens with one attached hydrogen (secondary N) is 3. The molecule has 1 aliphatic rings. The van der Waals surface area contributed by atoms with Gasteiger partial charge in [0.2, 0.25) is 0 Å². The van der Waals surface area contributed by atoms with Crippen molar-refractivity contribution in [3.8, 4) is 0 Å². The van der Waals surface area contributed by atoms with Crippen molar-refractivity contribution < 1.29 is 19.1 Å². The predicted octanol–water partition coefficient (Wildman–Crippen LogP) is 6.34. The molecule has 186 valence electrons. The van der Waals surface area contributed by atoms with E-state index in [2.05, 4.69) is 16.0 Å². The summed E-state index contributed by atoms with van der Waals surface area (Å²) >= 11 is 11.9. The van der Waals surface area contributed by atoms with E-state index >= 15 is 0 Å². The number of esters is 1. The van der Waals surface area contributed by atoms with E-state index in [1.54, 1.807) is 68.1 Å². The van der Waals surface area contributed by atoms with Crippen LogP contribution in [0.2, 0.25) is 10.0 Å². The third kappa shape index (κ3) is 6.46. The molecule has 8 nitrogen and oxygen atoms in total. The second-order valence-corrected chi connectivity index (χ2v) is 9.14. The number of ether oxygens (including phenoxy) is 1. The molecule has 1 heterocycles. The number of hydrogen-bond acceptors (Lipinski definition) is 4. The highest BCUT2D eigenvalue weighted by molar-refractivity contribution is 6.42. The quantitative estimate of drug-likeness (QED) is 0.372. The molecule has 10 heteroatoms. The van der Waals surface area contributed by atoms with E-state index in [0.29, 0.717) is 44.8 Å². The fraction of sp³-hybridized carbons (Fsp3) is 0.320. The molecule has 0 bridgehead atoms. The maximum atomic E-state index is 13.0. The van der Waals surface area contributed by atoms with Crippen LogP contribution in [0.5, 0.6) is 0 Å². The minimum absolute atomic E-state index is 0.300. The van der Waals surface area contributed by atoms with Crippen molar-refractivity contribution >= 4 is 52.6 Å². The second kappa shape index (κ2) is 11.5. The van der Waals surface area contributed by atoms with Crippen molar-refractivity contribution in [1.82, 2.24) is 10.2 Å². The Labute approximate surface area is 214 Å².